The van der Waals surface area contributed by atoms with E-state index in [0.29, 0.717) is 30.9 Å². The van der Waals surface area contributed by atoms with Crippen molar-refractivity contribution in [3.8, 4) is 11.4 Å². The van der Waals surface area contributed by atoms with Gasteiger partial charge in [0.25, 0.3) is 0 Å². The minimum atomic E-state index is -0.628. The van der Waals surface area contributed by atoms with E-state index in [-0.39, 0.29) is 23.6 Å². The predicted molar refractivity (Wildman–Crippen MR) is 137 cm³/mol. The minimum absolute atomic E-state index is 0.0984. The van der Waals surface area contributed by atoms with Crippen molar-refractivity contribution < 1.29 is 13.9 Å². The molecule has 0 N–H and O–H groups in total. The summed E-state index contributed by atoms with van der Waals surface area (Å²) in [5.74, 6) is -0.482. The van der Waals surface area contributed by atoms with Crippen LogP contribution in [0.4, 0.5) is 14.9 Å². The molecule has 4 aromatic rings. The minimum Gasteiger partial charge on any atom is -0.444 e. The molecule has 0 radical (unpaired) electrons. The van der Waals surface area contributed by atoms with Crippen molar-refractivity contribution >= 4 is 23.1 Å². The average Bonchev–Trinajstić information content (AvgIpc) is 3.19. The molecule has 1 fully saturated rings. The summed E-state index contributed by atoms with van der Waals surface area (Å²) in [6.45, 7) is 12.5. The second-order valence-electron chi connectivity index (χ2n) is 10.6. The van der Waals surface area contributed by atoms with E-state index in [2.05, 4.69) is 15.0 Å². The number of nitrogens with zero attached hydrogens (tertiary/aromatic N) is 7. The maximum Gasteiger partial charge on any atom is 0.410 e. The maximum atomic E-state index is 15.3. The number of amides is 1. The molecule has 0 aromatic carbocycles. The van der Waals surface area contributed by atoms with Crippen molar-refractivity contribution in [3.63, 3.8) is 0 Å². The third-order valence-electron chi connectivity index (χ3n) is 6.33. The largest absolute Gasteiger partial charge is 0.444 e. The monoisotopic (exact) mass is 507 g/mol. The Morgan fingerprint density at radius 2 is 1.81 bits per heavy atom. The molecule has 0 spiro atoms. The molecule has 0 saturated carbocycles. The van der Waals surface area contributed by atoms with Gasteiger partial charge in [-0.05, 0) is 53.2 Å². The van der Waals surface area contributed by atoms with Crippen LogP contribution in [-0.2, 0) is 4.74 Å². The van der Waals surface area contributed by atoms with Gasteiger partial charge in [-0.1, -0.05) is 0 Å². The molecule has 5 rings (SSSR count). The highest BCUT2D eigenvalue weighted by molar-refractivity contribution is 5.69. The lowest BCUT2D eigenvalue weighted by atomic mass is 10.1. The molecule has 1 aliphatic heterocycles. The predicted octanol–water partition coefficient (Wildman–Crippen LogP) is 3.61. The Morgan fingerprint density at radius 3 is 2.51 bits per heavy atom. The second kappa shape index (κ2) is 8.82. The molecular weight excluding hydrogens is 477 g/mol. The second-order valence-corrected chi connectivity index (χ2v) is 10.6. The number of hydrogen-bond donors (Lipinski definition) is 0. The van der Waals surface area contributed by atoms with Gasteiger partial charge >= 0.3 is 11.8 Å². The van der Waals surface area contributed by atoms with Crippen LogP contribution in [0.3, 0.4) is 0 Å². The SMILES string of the molecule is Cc1cn2cc(-c3nc(=O)n4cc(N5CCN(C(=O)OC(C)(C)C)[C@@H](C)C5)cc(F)c4n3)cc(C)c2n1. The number of pyridine rings is 2. The summed E-state index contributed by atoms with van der Waals surface area (Å²) in [4.78, 5) is 42.2. The summed E-state index contributed by atoms with van der Waals surface area (Å²) in [7, 11) is 0. The number of carbonyl (C=O) groups excluding carboxylic acids is 1. The zero-order chi connectivity index (χ0) is 26.6. The van der Waals surface area contributed by atoms with Gasteiger partial charge in [0, 0.05) is 55.9 Å². The number of carbonyl (C=O) groups is 1. The summed E-state index contributed by atoms with van der Waals surface area (Å²) in [6, 6.07) is 3.04. The lowest BCUT2D eigenvalue weighted by Crippen LogP contribution is -2.55. The van der Waals surface area contributed by atoms with Gasteiger partial charge in [0.2, 0.25) is 0 Å². The van der Waals surface area contributed by atoms with E-state index in [1.165, 1.54) is 6.07 Å². The van der Waals surface area contributed by atoms with Crippen LogP contribution in [0.25, 0.3) is 22.7 Å². The molecule has 37 heavy (non-hydrogen) atoms. The number of hydrogen-bond acceptors (Lipinski definition) is 7. The van der Waals surface area contributed by atoms with E-state index in [1.807, 2.05) is 63.1 Å². The molecule has 1 aliphatic rings. The number of piperazine rings is 1. The number of ether oxygens (including phenoxy) is 1. The number of rotatable bonds is 2. The topological polar surface area (TPSA) is 97.3 Å². The van der Waals surface area contributed by atoms with E-state index in [9.17, 15) is 9.59 Å². The molecule has 0 aliphatic carbocycles. The van der Waals surface area contributed by atoms with Crippen LogP contribution in [0.2, 0.25) is 0 Å². The molecule has 5 heterocycles. The fraction of sp³-hybridized carbons (Fsp3) is 0.423. The van der Waals surface area contributed by atoms with Gasteiger partial charge in [0.05, 0.1) is 11.4 Å². The summed E-state index contributed by atoms with van der Waals surface area (Å²) in [6.07, 6.45) is 4.83. The first-order chi connectivity index (χ1) is 17.4. The molecule has 1 amide bonds. The Bertz CT molecular complexity index is 1590. The summed E-state index contributed by atoms with van der Waals surface area (Å²) in [5, 5.41) is 0. The number of fused-ring (bicyclic) bond motifs is 2. The van der Waals surface area contributed by atoms with Crippen LogP contribution in [0, 0.1) is 19.7 Å². The van der Waals surface area contributed by atoms with Crippen molar-refractivity contribution in [2.75, 3.05) is 24.5 Å². The zero-order valence-electron chi connectivity index (χ0n) is 21.8. The number of halogens is 1. The Hall–Kier alpha value is -4.02. The number of imidazole rings is 1. The van der Waals surface area contributed by atoms with Gasteiger partial charge in [-0.25, -0.2) is 28.3 Å². The molecule has 1 saturated heterocycles. The highest BCUT2D eigenvalue weighted by Gasteiger charge is 2.31. The van der Waals surface area contributed by atoms with Gasteiger partial charge in [-0.15, -0.1) is 0 Å². The van der Waals surface area contributed by atoms with Crippen molar-refractivity contribution in [2.24, 2.45) is 0 Å². The average molecular weight is 508 g/mol. The normalized spacial score (nSPS) is 16.6. The fourth-order valence-electron chi connectivity index (χ4n) is 4.66. The van der Waals surface area contributed by atoms with Crippen molar-refractivity contribution in [1.29, 1.82) is 0 Å². The fourth-order valence-corrected chi connectivity index (χ4v) is 4.66. The Kier molecular flexibility index (Phi) is 5.88. The third-order valence-corrected chi connectivity index (χ3v) is 6.33. The molecular formula is C26H30FN7O3. The first-order valence-electron chi connectivity index (χ1n) is 12.2. The third kappa shape index (κ3) is 4.73. The van der Waals surface area contributed by atoms with E-state index in [4.69, 9.17) is 4.74 Å². The van der Waals surface area contributed by atoms with Crippen LogP contribution >= 0.6 is 0 Å². The van der Waals surface area contributed by atoms with Gasteiger partial charge in [0.1, 0.15) is 11.2 Å². The highest BCUT2D eigenvalue weighted by atomic mass is 19.1. The Labute approximate surface area is 213 Å². The van der Waals surface area contributed by atoms with Crippen LogP contribution in [0.1, 0.15) is 39.0 Å². The van der Waals surface area contributed by atoms with Gasteiger partial charge in [0.15, 0.2) is 17.3 Å². The number of aryl methyl sites for hydroxylation is 2. The molecule has 194 valence electrons. The van der Waals surface area contributed by atoms with Gasteiger partial charge in [-0.3, -0.25) is 0 Å². The van der Waals surface area contributed by atoms with E-state index >= 15 is 4.39 Å². The van der Waals surface area contributed by atoms with Crippen LogP contribution in [-0.4, -0.2) is 66.0 Å². The molecule has 0 bridgehead atoms. The maximum absolute atomic E-state index is 15.3. The standard InChI is InChI=1S/C26H30FN7O3/c1-15-9-18(13-32-11-16(2)28-22(15)32)21-29-23-20(27)10-19(14-34(23)24(35)30-21)31-7-8-33(17(3)12-31)25(36)37-26(4,5)6/h9-11,13-14,17H,7-8,12H2,1-6H3/t17-/m0/s1. The van der Waals surface area contributed by atoms with E-state index < -0.39 is 17.1 Å². The highest BCUT2D eigenvalue weighted by Crippen LogP contribution is 2.24. The van der Waals surface area contributed by atoms with Crippen molar-refractivity contribution in [3.05, 3.63) is 58.3 Å². The van der Waals surface area contributed by atoms with Gasteiger partial charge in [-0.2, -0.15) is 4.98 Å². The molecule has 10 nitrogen and oxygen atoms in total. The quantitative estimate of drug-likeness (QED) is 0.409. The first kappa shape index (κ1) is 24.7. The van der Waals surface area contributed by atoms with Crippen molar-refractivity contribution in [1.82, 2.24) is 28.7 Å². The van der Waals surface area contributed by atoms with Crippen LogP contribution in [0.15, 0.2) is 35.5 Å². The number of aromatic nitrogens is 5. The van der Waals surface area contributed by atoms with Crippen LogP contribution < -0.4 is 10.6 Å². The summed E-state index contributed by atoms with van der Waals surface area (Å²) in [5.41, 5.74) is 2.36. The smallest absolute Gasteiger partial charge is 0.410 e. The molecule has 1 atom stereocenters. The lowest BCUT2D eigenvalue weighted by molar-refractivity contribution is 0.0159. The Balaban J connectivity index is 1.45. The van der Waals surface area contributed by atoms with Gasteiger partial charge < -0.3 is 18.9 Å². The zero-order valence-corrected chi connectivity index (χ0v) is 21.8. The van der Waals surface area contributed by atoms with Crippen LogP contribution in [0.5, 0.6) is 0 Å². The number of anilines is 1. The van der Waals surface area contributed by atoms with E-state index in [0.717, 1.165) is 21.3 Å². The Morgan fingerprint density at radius 1 is 1.05 bits per heavy atom. The summed E-state index contributed by atoms with van der Waals surface area (Å²) >= 11 is 0. The van der Waals surface area contributed by atoms with E-state index in [1.54, 1.807) is 17.3 Å². The first-order valence-corrected chi connectivity index (χ1v) is 12.2. The molecule has 4 aromatic heterocycles. The molecule has 0 unspecified atom stereocenters. The summed E-state index contributed by atoms with van der Waals surface area (Å²) < 4.78 is 23.8. The molecule has 11 heteroatoms. The lowest BCUT2D eigenvalue weighted by Gasteiger charge is -2.41. The van der Waals surface area contributed by atoms with Crippen molar-refractivity contribution in [2.45, 2.75) is 53.2 Å².